The number of hydrogen-bond donors (Lipinski definition) is 0. The van der Waals surface area contributed by atoms with Crippen molar-refractivity contribution in [2.45, 2.75) is 13.5 Å². The summed E-state index contributed by atoms with van der Waals surface area (Å²) in [5, 5.41) is 3.99. The minimum Gasteiger partial charge on any atom is -0.486 e. The number of nitrogens with zero attached hydrogens (tertiary/aromatic N) is 2. The molecule has 0 bridgehead atoms. The highest BCUT2D eigenvalue weighted by atomic mass is 32.1. The van der Waals surface area contributed by atoms with Gasteiger partial charge >= 0.3 is 0 Å². The highest BCUT2D eigenvalue weighted by molar-refractivity contribution is 7.09. The van der Waals surface area contributed by atoms with E-state index < -0.39 is 0 Å². The summed E-state index contributed by atoms with van der Waals surface area (Å²) < 4.78 is 17.9. The molecule has 0 fully saturated rings. The van der Waals surface area contributed by atoms with Crippen LogP contribution >= 0.6 is 11.3 Å². The monoisotopic (exact) mass is 404 g/mol. The van der Waals surface area contributed by atoms with Crippen LogP contribution in [0.5, 0.6) is 11.5 Å². The highest BCUT2D eigenvalue weighted by Crippen LogP contribution is 2.36. The molecule has 0 unspecified atom stereocenters. The molecule has 0 amide bonds. The van der Waals surface area contributed by atoms with E-state index in [1.807, 2.05) is 48.7 Å². The molecular weight excluding hydrogens is 384 g/mol. The van der Waals surface area contributed by atoms with E-state index in [9.17, 15) is 0 Å². The zero-order valence-electron chi connectivity index (χ0n) is 16.2. The van der Waals surface area contributed by atoms with E-state index in [1.165, 1.54) is 0 Å². The third-order valence-corrected chi connectivity index (χ3v) is 5.64. The van der Waals surface area contributed by atoms with Gasteiger partial charge in [-0.15, -0.1) is 11.3 Å². The van der Waals surface area contributed by atoms with E-state index in [0.29, 0.717) is 6.61 Å². The van der Waals surface area contributed by atoms with Crippen molar-refractivity contribution in [3.8, 4) is 11.5 Å². The summed E-state index contributed by atoms with van der Waals surface area (Å²) in [6, 6.07) is 14.0. The van der Waals surface area contributed by atoms with Crippen molar-refractivity contribution in [2.75, 3.05) is 18.5 Å². The molecule has 0 saturated heterocycles. The number of likely N-dealkylation sites (N-methyl/N-ethyl adjacent to an activating group) is 1. The van der Waals surface area contributed by atoms with Crippen molar-refractivity contribution >= 4 is 33.8 Å². The number of fused-ring (bicyclic) bond motifs is 2. The van der Waals surface area contributed by atoms with Gasteiger partial charge in [0, 0.05) is 48.3 Å². The summed E-state index contributed by atoms with van der Waals surface area (Å²) in [5.41, 5.74) is 2.95. The first kappa shape index (κ1) is 17.8. The standard InChI is InChI=1S/C23H20N2O3S/c1-15-11-16-3-4-18(13-22(16)27-15)28-21-7-9-25(2)20-12-17(5-6-19(20)21)26-14-23-24-8-10-29-23/h3-8,10-13H,9,14H2,1-2H3. The van der Waals surface area contributed by atoms with Gasteiger partial charge in [-0.2, -0.15) is 0 Å². The van der Waals surface area contributed by atoms with Gasteiger partial charge < -0.3 is 18.8 Å². The lowest BCUT2D eigenvalue weighted by atomic mass is 10.1. The Balaban J connectivity index is 1.39. The third kappa shape index (κ3) is 3.59. The van der Waals surface area contributed by atoms with Crippen molar-refractivity contribution in [1.82, 2.24) is 4.98 Å². The number of aromatic nitrogens is 1. The Bertz CT molecular complexity index is 1190. The average Bonchev–Trinajstić information content (AvgIpc) is 3.37. The zero-order chi connectivity index (χ0) is 19.8. The topological polar surface area (TPSA) is 47.7 Å². The van der Waals surface area contributed by atoms with Gasteiger partial charge in [0.1, 0.15) is 40.2 Å². The molecule has 6 heteroatoms. The van der Waals surface area contributed by atoms with Crippen molar-refractivity contribution in [2.24, 2.45) is 0 Å². The number of thiazole rings is 1. The number of hydrogen-bond acceptors (Lipinski definition) is 6. The van der Waals surface area contributed by atoms with Crippen molar-refractivity contribution in [3.63, 3.8) is 0 Å². The molecule has 3 heterocycles. The maximum atomic E-state index is 6.23. The fraction of sp³-hybridized carbons (Fsp3) is 0.174. The van der Waals surface area contributed by atoms with Crippen LogP contribution in [0.3, 0.4) is 0 Å². The molecule has 5 nitrogen and oxygen atoms in total. The van der Waals surface area contributed by atoms with E-state index in [0.717, 1.165) is 56.8 Å². The summed E-state index contributed by atoms with van der Waals surface area (Å²) in [7, 11) is 2.06. The van der Waals surface area contributed by atoms with Crippen molar-refractivity contribution in [3.05, 3.63) is 76.4 Å². The predicted molar refractivity (Wildman–Crippen MR) is 116 cm³/mol. The molecule has 146 valence electrons. The lowest BCUT2D eigenvalue weighted by Crippen LogP contribution is -2.23. The summed E-state index contributed by atoms with van der Waals surface area (Å²) in [6.45, 7) is 3.19. The van der Waals surface area contributed by atoms with Crippen molar-refractivity contribution < 1.29 is 13.9 Å². The van der Waals surface area contributed by atoms with E-state index in [-0.39, 0.29) is 0 Å². The second kappa shape index (κ2) is 7.29. The maximum Gasteiger partial charge on any atom is 0.140 e. The number of benzene rings is 2. The molecule has 1 aliphatic rings. The number of furan rings is 1. The van der Waals surface area contributed by atoms with Crippen LogP contribution in [-0.4, -0.2) is 18.6 Å². The average molecular weight is 404 g/mol. The summed E-state index contributed by atoms with van der Waals surface area (Å²) in [4.78, 5) is 6.44. The van der Waals surface area contributed by atoms with Gasteiger partial charge in [0.2, 0.25) is 0 Å². The molecule has 1 aliphatic heterocycles. The Morgan fingerprint density at radius 2 is 2.03 bits per heavy atom. The first-order valence-corrected chi connectivity index (χ1v) is 10.3. The van der Waals surface area contributed by atoms with Crippen LogP contribution in [0.15, 0.2) is 64.5 Å². The highest BCUT2D eigenvalue weighted by Gasteiger charge is 2.19. The Labute approximate surface area is 172 Å². The molecule has 0 aliphatic carbocycles. The lowest BCUT2D eigenvalue weighted by Gasteiger charge is -2.27. The molecule has 2 aromatic heterocycles. The first-order valence-electron chi connectivity index (χ1n) is 9.41. The molecule has 2 aromatic carbocycles. The van der Waals surface area contributed by atoms with Gasteiger partial charge in [0.05, 0.1) is 5.69 Å². The molecule has 0 N–H and O–H groups in total. The minimum absolute atomic E-state index is 0.474. The summed E-state index contributed by atoms with van der Waals surface area (Å²) in [6.07, 6.45) is 3.88. The Kier molecular flexibility index (Phi) is 4.48. The molecule has 4 aromatic rings. The van der Waals surface area contributed by atoms with Crippen molar-refractivity contribution in [1.29, 1.82) is 0 Å². The zero-order valence-corrected chi connectivity index (χ0v) is 17.0. The van der Waals surface area contributed by atoms with Crippen LogP contribution in [0.4, 0.5) is 5.69 Å². The van der Waals surface area contributed by atoms with Gasteiger partial charge in [-0.1, -0.05) is 0 Å². The number of rotatable bonds is 5. The van der Waals surface area contributed by atoms with E-state index in [2.05, 4.69) is 29.1 Å². The van der Waals surface area contributed by atoms with Gasteiger partial charge in [-0.3, -0.25) is 0 Å². The quantitative estimate of drug-likeness (QED) is 0.430. The number of anilines is 1. The second-order valence-corrected chi connectivity index (χ2v) is 7.98. The SMILES string of the molecule is Cc1cc2ccc(OC3=CCN(C)c4cc(OCc5nccs5)ccc43)cc2o1. The van der Waals surface area contributed by atoms with Crippen LogP contribution in [-0.2, 0) is 6.61 Å². The van der Waals surface area contributed by atoms with E-state index in [1.54, 1.807) is 17.5 Å². The minimum atomic E-state index is 0.474. The van der Waals surface area contributed by atoms with Crippen LogP contribution in [0.25, 0.3) is 16.7 Å². The Morgan fingerprint density at radius 1 is 1.14 bits per heavy atom. The van der Waals surface area contributed by atoms with E-state index in [4.69, 9.17) is 13.9 Å². The van der Waals surface area contributed by atoms with Crippen LogP contribution in [0, 0.1) is 6.92 Å². The van der Waals surface area contributed by atoms with Crippen LogP contribution in [0.2, 0.25) is 0 Å². The van der Waals surface area contributed by atoms with Gasteiger partial charge in [-0.25, -0.2) is 4.98 Å². The molecule has 0 spiro atoms. The van der Waals surface area contributed by atoms with Gasteiger partial charge in [-0.05, 0) is 43.3 Å². The summed E-state index contributed by atoms with van der Waals surface area (Å²) in [5.74, 6) is 3.32. The smallest absolute Gasteiger partial charge is 0.140 e. The molecular formula is C23H20N2O3S. The molecule has 0 radical (unpaired) electrons. The molecule has 0 saturated carbocycles. The summed E-state index contributed by atoms with van der Waals surface area (Å²) >= 11 is 1.59. The maximum absolute atomic E-state index is 6.23. The molecule has 0 atom stereocenters. The molecule has 29 heavy (non-hydrogen) atoms. The van der Waals surface area contributed by atoms with Gasteiger partial charge in [0.15, 0.2) is 0 Å². The number of aryl methyl sites for hydroxylation is 1. The Morgan fingerprint density at radius 3 is 2.90 bits per heavy atom. The Hall–Kier alpha value is -3.25. The second-order valence-electron chi connectivity index (χ2n) is 7.00. The first-order chi connectivity index (χ1) is 14.2. The van der Waals surface area contributed by atoms with Gasteiger partial charge in [0.25, 0.3) is 0 Å². The fourth-order valence-corrected chi connectivity index (χ4v) is 3.98. The number of ether oxygens (including phenoxy) is 2. The lowest BCUT2D eigenvalue weighted by molar-refractivity contribution is 0.305. The third-order valence-electron chi connectivity index (χ3n) is 4.88. The van der Waals surface area contributed by atoms with Crippen LogP contribution < -0.4 is 14.4 Å². The predicted octanol–water partition coefficient (Wildman–Crippen LogP) is 5.65. The van der Waals surface area contributed by atoms with E-state index >= 15 is 0 Å². The molecule has 5 rings (SSSR count). The van der Waals surface area contributed by atoms with Crippen LogP contribution in [0.1, 0.15) is 16.3 Å². The normalized spacial score (nSPS) is 13.3. The fourth-order valence-electron chi connectivity index (χ4n) is 3.45. The largest absolute Gasteiger partial charge is 0.486 e.